The minimum absolute atomic E-state index is 0.205. The van der Waals surface area contributed by atoms with Gasteiger partial charge in [0.05, 0.1) is 28.3 Å². The molecule has 0 bridgehead atoms. The van der Waals surface area contributed by atoms with Crippen molar-refractivity contribution in [2.24, 2.45) is 10.9 Å². The second kappa shape index (κ2) is 11.7. The van der Waals surface area contributed by atoms with Crippen LogP contribution in [0.2, 0.25) is 0 Å². The van der Waals surface area contributed by atoms with Gasteiger partial charge in [-0.05, 0) is 63.9 Å². The molecule has 1 saturated heterocycles. The molecule has 1 aliphatic rings. The molecule has 1 aliphatic heterocycles. The van der Waals surface area contributed by atoms with Gasteiger partial charge < -0.3 is 14.0 Å². The summed E-state index contributed by atoms with van der Waals surface area (Å²) in [6, 6.07) is 12.7. The van der Waals surface area contributed by atoms with Gasteiger partial charge in [-0.1, -0.05) is 29.0 Å². The molecule has 2 aromatic carbocycles. The van der Waals surface area contributed by atoms with Gasteiger partial charge in [-0.15, -0.1) is 0 Å². The molecule has 1 aromatic heterocycles. The largest absolute Gasteiger partial charge is 0.494 e. The van der Waals surface area contributed by atoms with Crippen LogP contribution < -0.4 is 9.54 Å². The highest BCUT2D eigenvalue weighted by atomic mass is 32.2. The molecule has 1 fully saturated rings. The summed E-state index contributed by atoms with van der Waals surface area (Å²) in [5.74, 6) is 0.270. The molecule has 4 rings (SSSR count). The Kier molecular flexibility index (Phi) is 8.61. The topological polar surface area (TPSA) is 90.2 Å². The van der Waals surface area contributed by atoms with Crippen LogP contribution in [0.4, 0.5) is 0 Å². The number of ether oxygens (including phenoxy) is 2. The number of nitrogens with zero attached hydrogens (tertiary/aromatic N) is 3. The predicted octanol–water partition coefficient (Wildman–Crippen LogP) is 3.97. The SMILES string of the molecule is CCOCCn1c(=NC(=O)C2CCN(S(=O)(=O)c3ccc(C)cc3)CC2)sc2cc(OCC)ccc21. The van der Waals surface area contributed by atoms with E-state index in [9.17, 15) is 13.2 Å². The average molecular weight is 532 g/mol. The highest BCUT2D eigenvalue weighted by Crippen LogP contribution is 2.26. The minimum atomic E-state index is -3.57. The quantitative estimate of drug-likeness (QED) is 0.390. The number of fused-ring (bicyclic) bond motifs is 1. The van der Waals surface area contributed by atoms with E-state index in [4.69, 9.17) is 9.47 Å². The Morgan fingerprint density at radius 1 is 1.08 bits per heavy atom. The lowest BCUT2D eigenvalue weighted by atomic mass is 9.98. The van der Waals surface area contributed by atoms with E-state index in [-0.39, 0.29) is 16.7 Å². The molecule has 0 aliphatic carbocycles. The molecule has 194 valence electrons. The Morgan fingerprint density at radius 3 is 2.47 bits per heavy atom. The number of carbonyl (C=O) groups excluding carboxylic acids is 1. The molecule has 0 saturated carbocycles. The highest BCUT2D eigenvalue weighted by molar-refractivity contribution is 7.89. The van der Waals surface area contributed by atoms with E-state index < -0.39 is 10.0 Å². The lowest BCUT2D eigenvalue weighted by Crippen LogP contribution is -2.40. The maximum atomic E-state index is 13.2. The summed E-state index contributed by atoms with van der Waals surface area (Å²) in [5.41, 5.74) is 1.99. The Hall–Kier alpha value is -2.53. The second-order valence-electron chi connectivity index (χ2n) is 8.74. The fourth-order valence-electron chi connectivity index (χ4n) is 4.30. The summed E-state index contributed by atoms with van der Waals surface area (Å²) in [6.07, 6.45) is 0.900. The number of piperidine rings is 1. The summed E-state index contributed by atoms with van der Waals surface area (Å²) in [6.45, 7) is 8.72. The first-order valence-corrected chi connectivity index (χ1v) is 14.6. The number of amides is 1. The van der Waals surface area contributed by atoms with E-state index in [1.54, 1.807) is 24.3 Å². The van der Waals surface area contributed by atoms with Crippen molar-refractivity contribution in [3.8, 4) is 5.75 Å². The third-order valence-corrected chi connectivity index (χ3v) is 9.25. The molecule has 1 amide bonds. The van der Waals surface area contributed by atoms with Gasteiger partial charge in [0.2, 0.25) is 10.0 Å². The van der Waals surface area contributed by atoms with Gasteiger partial charge in [0.15, 0.2) is 4.80 Å². The molecule has 0 atom stereocenters. The lowest BCUT2D eigenvalue weighted by molar-refractivity contribution is -0.122. The Bertz CT molecular complexity index is 1370. The molecular weight excluding hydrogens is 498 g/mol. The van der Waals surface area contributed by atoms with E-state index in [0.29, 0.717) is 57.1 Å². The van der Waals surface area contributed by atoms with Crippen molar-refractivity contribution in [3.63, 3.8) is 0 Å². The van der Waals surface area contributed by atoms with E-state index in [0.717, 1.165) is 21.5 Å². The summed E-state index contributed by atoms with van der Waals surface area (Å²) >= 11 is 1.45. The van der Waals surface area contributed by atoms with Crippen LogP contribution >= 0.6 is 11.3 Å². The average Bonchev–Trinajstić information content (AvgIpc) is 3.21. The monoisotopic (exact) mass is 531 g/mol. The summed E-state index contributed by atoms with van der Waals surface area (Å²) in [5, 5.41) is 0. The van der Waals surface area contributed by atoms with Crippen LogP contribution in [-0.2, 0) is 26.1 Å². The lowest BCUT2D eigenvalue weighted by Gasteiger charge is -2.29. The Labute approximate surface area is 216 Å². The first-order valence-electron chi connectivity index (χ1n) is 12.3. The van der Waals surface area contributed by atoms with Crippen LogP contribution in [0.25, 0.3) is 10.2 Å². The van der Waals surface area contributed by atoms with Gasteiger partial charge in [0.25, 0.3) is 5.91 Å². The van der Waals surface area contributed by atoms with E-state index in [1.807, 2.05) is 43.5 Å². The number of hydrogen-bond acceptors (Lipinski definition) is 6. The maximum Gasteiger partial charge on any atom is 0.251 e. The Morgan fingerprint density at radius 2 is 1.81 bits per heavy atom. The normalized spacial score (nSPS) is 16.0. The molecule has 0 spiro atoms. The molecule has 10 heteroatoms. The van der Waals surface area contributed by atoms with Crippen LogP contribution in [0.5, 0.6) is 5.75 Å². The highest BCUT2D eigenvalue weighted by Gasteiger charge is 2.32. The maximum absolute atomic E-state index is 13.2. The van der Waals surface area contributed by atoms with Crippen molar-refractivity contribution in [1.29, 1.82) is 0 Å². The van der Waals surface area contributed by atoms with Gasteiger partial charge in [-0.3, -0.25) is 4.79 Å². The van der Waals surface area contributed by atoms with Gasteiger partial charge in [-0.2, -0.15) is 9.30 Å². The van der Waals surface area contributed by atoms with Gasteiger partial charge in [0, 0.05) is 32.2 Å². The van der Waals surface area contributed by atoms with Crippen molar-refractivity contribution < 1.29 is 22.7 Å². The van der Waals surface area contributed by atoms with Crippen LogP contribution in [0.1, 0.15) is 32.3 Å². The van der Waals surface area contributed by atoms with E-state index in [2.05, 4.69) is 4.99 Å². The first-order chi connectivity index (χ1) is 17.3. The molecule has 0 radical (unpaired) electrons. The summed E-state index contributed by atoms with van der Waals surface area (Å²) < 4.78 is 41.7. The zero-order chi connectivity index (χ0) is 25.7. The second-order valence-corrected chi connectivity index (χ2v) is 11.7. The van der Waals surface area contributed by atoms with E-state index >= 15 is 0 Å². The van der Waals surface area contributed by atoms with Crippen molar-refractivity contribution in [2.45, 2.75) is 45.1 Å². The first kappa shape index (κ1) is 26.5. The summed E-state index contributed by atoms with van der Waals surface area (Å²) in [4.78, 5) is 18.6. The fourth-order valence-corrected chi connectivity index (χ4v) is 6.86. The number of rotatable bonds is 9. The zero-order valence-corrected chi connectivity index (χ0v) is 22.6. The molecule has 0 unspecified atom stereocenters. The number of aryl methyl sites for hydroxylation is 1. The molecule has 2 heterocycles. The van der Waals surface area contributed by atoms with Crippen LogP contribution in [-0.4, -0.2) is 56.1 Å². The van der Waals surface area contributed by atoms with Crippen LogP contribution in [0.3, 0.4) is 0 Å². The number of carbonyl (C=O) groups is 1. The minimum Gasteiger partial charge on any atom is -0.494 e. The number of benzene rings is 2. The van der Waals surface area contributed by atoms with Crippen LogP contribution in [0.15, 0.2) is 52.4 Å². The summed E-state index contributed by atoms with van der Waals surface area (Å²) in [7, 11) is -3.57. The number of sulfonamides is 1. The third-order valence-electron chi connectivity index (χ3n) is 6.30. The fraction of sp³-hybridized carbons (Fsp3) is 0.462. The van der Waals surface area contributed by atoms with Crippen LogP contribution in [0, 0.1) is 12.8 Å². The standard InChI is InChI=1S/C26H33N3O5S2/c1-4-33-17-16-29-23-11-8-21(34-5-2)18-24(23)35-26(29)27-25(30)20-12-14-28(15-13-20)36(31,32)22-9-6-19(3)7-10-22/h6-11,18,20H,4-5,12-17H2,1-3H3. The molecule has 8 nitrogen and oxygen atoms in total. The zero-order valence-electron chi connectivity index (χ0n) is 21.0. The Balaban J connectivity index is 1.53. The smallest absolute Gasteiger partial charge is 0.251 e. The van der Waals surface area contributed by atoms with Gasteiger partial charge >= 0.3 is 0 Å². The van der Waals surface area contributed by atoms with Crippen molar-refractivity contribution in [1.82, 2.24) is 8.87 Å². The number of thiazole rings is 1. The van der Waals surface area contributed by atoms with Gasteiger partial charge in [0.1, 0.15) is 5.75 Å². The molecule has 3 aromatic rings. The van der Waals surface area contributed by atoms with Gasteiger partial charge in [-0.25, -0.2) is 8.42 Å². The van der Waals surface area contributed by atoms with Crippen molar-refractivity contribution in [2.75, 3.05) is 32.9 Å². The molecule has 0 N–H and O–H groups in total. The molecule has 36 heavy (non-hydrogen) atoms. The van der Waals surface area contributed by atoms with Crippen molar-refractivity contribution in [3.05, 3.63) is 52.8 Å². The van der Waals surface area contributed by atoms with Crippen molar-refractivity contribution >= 4 is 37.5 Å². The predicted molar refractivity (Wildman–Crippen MR) is 141 cm³/mol. The number of aromatic nitrogens is 1. The molecular formula is C26H33N3O5S2. The third kappa shape index (κ3) is 5.88. The number of hydrogen-bond donors (Lipinski definition) is 0. The van der Waals surface area contributed by atoms with E-state index in [1.165, 1.54) is 15.6 Å².